The van der Waals surface area contributed by atoms with Crippen LogP contribution in [0.25, 0.3) is 0 Å². The van der Waals surface area contributed by atoms with Crippen molar-refractivity contribution in [1.29, 1.82) is 0 Å². The van der Waals surface area contributed by atoms with E-state index in [1.165, 1.54) is 38.7 Å². The van der Waals surface area contributed by atoms with E-state index in [-0.39, 0.29) is 5.75 Å². The van der Waals surface area contributed by atoms with Gasteiger partial charge in [0.15, 0.2) is 11.5 Å². The summed E-state index contributed by atoms with van der Waals surface area (Å²) in [5.74, 6) is 0.0177. The zero-order chi connectivity index (χ0) is 13.5. The fourth-order valence-corrected chi connectivity index (χ4v) is 1.25. The van der Waals surface area contributed by atoms with Crippen LogP contribution >= 0.6 is 0 Å². The summed E-state index contributed by atoms with van der Waals surface area (Å²) < 4.78 is 14.9. The highest BCUT2D eigenvalue weighted by molar-refractivity contribution is 5.89. The predicted octanol–water partition coefficient (Wildman–Crippen LogP) is 1.96. The quantitative estimate of drug-likeness (QED) is 0.263. The summed E-state index contributed by atoms with van der Waals surface area (Å²) in [4.78, 5) is 22.2. The van der Waals surface area contributed by atoms with Gasteiger partial charge in [-0.1, -0.05) is 0 Å². The van der Waals surface area contributed by atoms with Gasteiger partial charge in [-0.3, -0.25) is 4.79 Å². The number of carbonyl (C=O) groups excluding carboxylic acids is 2. The number of esters is 1. The Hall–Kier alpha value is -2.30. The van der Waals surface area contributed by atoms with Crippen molar-refractivity contribution < 1.29 is 23.8 Å². The molecule has 5 nitrogen and oxygen atoms in total. The van der Waals surface area contributed by atoms with Crippen molar-refractivity contribution in [2.24, 2.45) is 0 Å². The fourth-order valence-electron chi connectivity index (χ4n) is 1.25. The molecular weight excluding hydrogens is 236 g/mol. The van der Waals surface area contributed by atoms with Crippen LogP contribution in [0.3, 0.4) is 0 Å². The lowest BCUT2D eigenvalue weighted by atomic mass is 10.2. The molecule has 0 heterocycles. The number of ether oxygens (including phenoxy) is 3. The number of hydrogen-bond donors (Lipinski definition) is 0. The van der Waals surface area contributed by atoms with Gasteiger partial charge >= 0.3 is 5.97 Å². The summed E-state index contributed by atoms with van der Waals surface area (Å²) >= 11 is 0. The molecule has 0 spiro atoms. The molecular formula is C13H14O5. The molecule has 0 atom stereocenters. The van der Waals surface area contributed by atoms with E-state index in [9.17, 15) is 9.59 Å². The third kappa shape index (κ3) is 3.35. The van der Waals surface area contributed by atoms with E-state index >= 15 is 0 Å². The first-order valence-corrected chi connectivity index (χ1v) is 5.17. The van der Waals surface area contributed by atoms with Crippen LogP contribution in [0.2, 0.25) is 0 Å². The molecule has 0 aliphatic carbocycles. The van der Waals surface area contributed by atoms with Crippen molar-refractivity contribution in [1.82, 2.24) is 0 Å². The maximum Gasteiger partial charge on any atom is 0.342 e. The number of methoxy groups -OCH3 is 2. The number of benzene rings is 1. The molecule has 0 bridgehead atoms. The van der Waals surface area contributed by atoms with Gasteiger partial charge in [-0.05, 0) is 25.1 Å². The second-order valence-corrected chi connectivity index (χ2v) is 3.45. The molecule has 5 heteroatoms. The normalized spacial score (nSPS) is 10.7. The average Bonchev–Trinajstić information content (AvgIpc) is 2.39. The van der Waals surface area contributed by atoms with Crippen LogP contribution in [0.5, 0.6) is 11.5 Å². The summed E-state index contributed by atoms with van der Waals surface area (Å²) in [7, 11) is 2.87. The van der Waals surface area contributed by atoms with Gasteiger partial charge in [-0.15, -0.1) is 0 Å². The maximum absolute atomic E-state index is 11.6. The first-order valence-electron chi connectivity index (χ1n) is 5.17. The maximum atomic E-state index is 11.6. The molecule has 0 aliphatic heterocycles. The smallest absolute Gasteiger partial charge is 0.342 e. The van der Waals surface area contributed by atoms with Crippen molar-refractivity contribution in [2.45, 2.75) is 6.92 Å². The minimum Gasteiger partial charge on any atom is -0.504 e. The first kappa shape index (κ1) is 13.8. The van der Waals surface area contributed by atoms with Crippen molar-refractivity contribution in [3.05, 3.63) is 35.6 Å². The lowest BCUT2D eigenvalue weighted by Gasteiger charge is -2.09. The Kier molecular flexibility index (Phi) is 4.92. The predicted molar refractivity (Wildman–Crippen MR) is 64.8 cm³/mol. The van der Waals surface area contributed by atoms with Gasteiger partial charge in [0, 0.05) is 5.56 Å². The summed E-state index contributed by atoms with van der Waals surface area (Å²) in [6.07, 6.45) is 1.97. The van der Waals surface area contributed by atoms with E-state index in [0.29, 0.717) is 23.2 Å². The minimum absolute atomic E-state index is 0.247. The van der Waals surface area contributed by atoms with Gasteiger partial charge in [0.1, 0.15) is 6.29 Å². The van der Waals surface area contributed by atoms with E-state index in [2.05, 4.69) is 0 Å². The standard InChI is InChI=1S/C13H14O5/c1-9(8-16-2)13(15)18-11-5-4-10(7-14)6-12(11)17-3/h4-8H,1-3H3/b9-8-. The molecule has 1 aromatic rings. The van der Waals surface area contributed by atoms with E-state index in [1.807, 2.05) is 0 Å². The second-order valence-electron chi connectivity index (χ2n) is 3.45. The number of aldehydes is 1. The third-order valence-electron chi connectivity index (χ3n) is 2.14. The molecule has 0 amide bonds. The van der Waals surface area contributed by atoms with Crippen LogP contribution < -0.4 is 9.47 Å². The van der Waals surface area contributed by atoms with Crippen molar-refractivity contribution >= 4 is 12.3 Å². The van der Waals surface area contributed by atoms with Crippen molar-refractivity contribution in [3.63, 3.8) is 0 Å². The van der Waals surface area contributed by atoms with Crippen LogP contribution in [0.15, 0.2) is 30.0 Å². The zero-order valence-corrected chi connectivity index (χ0v) is 10.4. The Morgan fingerprint density at radius 2 is 1.94 bits per heavy atom. The SMILES string of the molecule is CO/C=C(/C)C(=O)Oc1ccc(C=O)cc1OC. The largest absolute Gasteiger partial charge is 0.504 e. The van der Waals surface area contributed by atoms with Gasteiger partial charge in [-0.2, -0.15) is 0 Å². The molecule has 1 rings (SSSR count). The van der Waals surface area contributed by atoms with Gasteiger partial charge in [0.2, 0.25) is 0 Å². The Morgan fingerprint density at radius 3 is 2.50 bits per heavy atom. The molecule has 0 N–H and O–H groups in total. The van der Waals surface area contributed by atoms with Crippen LogP contribution in [-0.2, 0) is 9.53 Å². The van der Waals surface area contributed by atoms with E-state index in [0.717, 1.165) is 0 Å². The Balaban J connectivity index is 2.94. The van der Waals surface area contributed by atoms with Gasteiger partial charge in [0.25, 0.3) is 0 Å². The summed E-state index contributed by atoms with van der Waals surface area (Å²) in [6, 6.07) is 4.53. The number of rotatable bonds is 5. The monoisotopic (exact) mass is 250 g/mol. The van der Waals surface area contributed by atoms with Crippen LogP contribution in [0, 0.1) is 0 Å². The lowest BCUT2D eigenvalue weighted by molar-refractivity contribution is -0.130. The average molecular weight is 250 g/mol. The van der Waals surface area contributed by atoms with Gasteiger partial charge in [0.05, 0.1) is 26.1 Å². The van der Waals surface area contributed by atoms with Gasteiger partial charge in [-0.25, -0.2) is 4.79 Å². The fraction of sp³-hybridized carbons (Fsp3) is 0.231. The molecule has 0 saturated carbocycles. The van der Waals surface area contributed by atoms with Crippen LogP contribution in [0.1, 0.15) is 17.3 Å². The summed E-state index contributed by atoms with van der Waals surface area (Å²) in [5, 5.41) is 0. The molecule has 18 heavy (non-hydrogen) atoms. The van der Waals surface area contributed by atoms with Gasteiger partial charge < -0.3 is 14.2 Å². The molecule has 0 radical (unpaired) electrons. The minimum atomic E-state index is -0.547. The molecule has 1 aromatic carbocycles. The summed E-state index contributed by atoms with van der Waals surface area (Å²) in [6.45, 7) is 1.57. The summed E-state index contributed by atoms with van der Waals surface area (Å²) in [5.41, 5.74) is 0.759. The molecule has 0 fully saturated rings. The topological polar surface area (TPSA) is 61.8 Å². The molecule has 0 aromatic heterocycles. The molecule has 0 saturated heterocycles. The zero-order valence-electron chi connectivity index (χ0n) is 10.4. The highest BCUT2D eigenvalue weighted by Crippen LogP contribution is 2.28. The Bertz CT molecular complexity index is 476. The lowest BCUT2D eigenvalue weighted by Crippen LogP contribution is -2.10. The Labute approximate surface area is 105 Å². The van der Waals surface area contributed by atoms with Crippen molar-refractivity contribution in [3.8, 4) is 11.5 Å². The molecule has 0 aliphatic rings. The Morgan fingerprint density at radius 1 is 1.22 bits per heavy atom. The molecule has 96 valence electrons. The number of carbonyl (C=O) groups is 2. The third-order valence-corrected chi connectivity index (χ3v) is 2.14. The number of hydrogen-bond acceptors (Lipinski definition) is 5. The first-order chi connectivity index (χ1) is 8.62. The highest BCUT2D eigenvalue weighted by Gasteiger charge is 2.12. The van der Waals surface area contributed by atoms with E-state index in [4.69, 9.17) is 14.2 Å². The van der Waals surface area contributed by atoms with Crippen LogP contribution in [0.4, 0.5) is 0 Å². The second kappa shape index (κ2) is 6.44. The van der Waals surface area contributed by atoms with Crippen molar-refractivity contribution in [2.75, 3.05) is 14.2 Å². The molecule has 0 unspecified atom stereocenters. The highest BCUT2D eigenvalue weighted by atomic mass is 16.6. The van der Waals surface area contributed by atoms with E-state index in [1.54, 1.807) is 6.92 Å². The van der Waals surface area contributed by atoms with E-state index < -0.39 is 5.97 Å². The van der Waals surface area contributed by atoms with Crippen LogP contribution in [-0.4, -0.2) is 26.5 Å².